The Morgan fingerprint density at radius 1 is 0.284 bits per heavy atom. The van der Waals surface area contributed by atoms with Gasteiger partial charge >= 0.3 is 0 Å². The predicted octanol–water partition coefficient (Wildman–Crippen LogP) is 1.04. The second-order valence-electron chi connectivity index (χ2n) is 17.2. The maximum atomic E-state index is 11.5. The van der Waals surface area contributed by atoms with Crippen LogP contribution in [0.1, 0.15) is 118 Å². The molecule has 0 heterocycles. The fourth-order valence-electron chi connectivity index (χ4n) is 6.19. The molecule has 0 rings (SSSR count). The Bertz CT molecular complexity index is 1310. The average molecular weight is 1070 g/mol. The van der Waals surface area contributed by atoms with E-state index in [-0.39, 0.29) is 129 Å². The largest absolute Gasteiger partial charge is 0.381 e. The van der Waals surface area contributed by atoms with Crippen LogP contribution in [0.15, 0.2) is 0 Å². The molecule has 0 spiro atoms. The van der Waals surface area contributed by atoms with Gasteiger partial charge in [-0.2, -0.15) is 0 Å². The van der Waals surface area contributed by atoms with Crippen LogP contribution in [0.5, 0.6) is 0 Å². The third kappa shape index (κ3) is 47.2. The van der Waals surface area contributed by atoms with Crippen LogP contribution in [0.25, 0.3) is 0 Å². The van der Waals surface area contributed by atoms with Crippen molar-refractivity contribution in [3.8, 4) is 0 Å². The zero-order valence-electron chi connectivity index (χ0n) is 44.3. The Morgan fingerprint density at radius 2 is 0.459 bits per heavy atom. The van der Waals surface area contributed by atoms with Crippen molar-refractivity contribution in [1.82, 2.24) is 31.9 Å². The Kier molecular flexibility index (Phi) is 53.3. The van der Waals surface area contributed by atoms with E-state index in [9.17, 15) is 38.4 Å². The van der Waals surface area contributed by atoms with Crippen molar-refractivity contribution in [2.45, 2.75) is 118 Å². The van der Waals surface area contributed by atoms with Gasteiger partial charge in [0, 0.05) is 120 Å². The first kappa shape index (κ1) is 76.0. The standard InChI is InChI=1S/C29H56N4O8.C19H36N4O8.2CH4/c1-30-25(34)13-5-9-17-38-21-29(22-39-18-10-6-14-26(35)31-2,23-40-19-11-7-15-27(36)32-3)24-41-20-12-8-16-28(37)33-4;1-22-17(26)5-9-30-13-19(11-28-7-3-15(20)24,12-29-8-4-16(21)25)14-31-10-6-18(27)23-2;;/h5-24H2,1-4H3,(H,30,34)(H,31,35)(H,32,36)(H,33,37);3-14H2,1-2H3,(H2,20,24)(H2,21,25)(H,22,26)(H,23,27);2*1H4. The van der Waals surface area contributed by atoms with Crippen LogP contribution < -0.4 is 43.4 Å². The smallest absolute Gasteiger partial charge is 0.222 e. The number of amides is 8. The van der Waals surface area contributed by atoms with Gasteiger partial charge in [-0.15, -0.1) is 0 Å². The van der Waals surface area contributed by atoms with E-state index in [0.29, 0.717) is 78.5 Å². The maximum Gasteiger partial charge on any atom is 0.222 e. The molecule has 0 aliphatic heterocycles. The number of hydrogen-bond acceptors (Lipinski definition) is 16. The molecule has 0 aromatic heterocycles. The molecule has 0 radical (unpaired) electrons. The number of unbranched alkanes of at least 4 members (excludes halogenated alkanes) is 4. The molecule has 0 aliphatic rings. The SMILES string of the molecule is C.C.CNC(=O)CCCCOCC(COCCCCC(=O)NC)(COCCCCC(=O)NC)COCCCCC(=O)NC.CNC(=O)CCOCC(COCCC(N)=O)(COCCC(N)=O)COCCC(=O)NC. The van der Waals surface area contributed by atoms with Gasteiger partial charge in [0.15, 0.2) is 0 Å². The van der Waals surface area contributed by atoms with E-state index >= 15 is 0 Å². The summed E-state index contributed by atoms with van der Waals surface area (Å²) in [5.74, 6) is -1.26. The van der Waals surface area contributed by atoms with Crippen molar-refractivity contribution < 1.29 is 76.3 Å². The highest BCUT2D eigenvalue weighted by Gasteiger charge is 2.34. The maximum absolute atomic E-state index is 11.5. The van der Waals surface area contributed by atoms with Crippen molar-refractivity contribution in [3.63, 3.8) is 0 Å². The van der Waals surface area contributed by atoms with Gasteiger partial charge in [0.25, 0.3) is 0 Å². The van der Waals surface area contributed by atoms with E-state index in [1.165, 1.54) is 14.1 Å². The molecule has 0 unspecified atom stereocenters. The lowest BCUT2D eigenvalue weighted by atomic mass is 9.92. The monoisotopic (exact) mass is 1070 g/mol. The van der Waals surface area contributed by atoms with Crippen molar-refractivity contribution in [1.29, 1.82) is 0 Å². The molecule has 0 saturated carbocycles. The van der Waals surface area contributed by atoms with Gasteiger partial charge in [-0.05, 0) is 51.4 Å². The van der Waals surface area contributed by atoms with Crippen LogP contribution >= 0.6 is 0 Å². The molecule has 0 aromatic carbocycles. The van der Waals surface area contributed by atoms with Crippen LogP contribution in [0.4, 0.5) is 0 Å². The molecule has 74 heavy (non-hydrogen) atoms. The molecule has 0 aromatic rings. The van der Waals surface area contributed by atoms with E-state index in [2.05, 4.69) is 31.9 Å². The summed E-state index contributed by atoms with van der Waals surface area (Å²) in [4.78, 5) is 90.6. The summed E-state index contributed by atoms with van der Waals surface area (Å²) in [6.45, 7) is 4.47. The van der Waals surface area contributed by atoms with Gasteiger partial charge < -0.3 is 81.3 Å². The van der Waals surface area contributed by atoms with Gasteiger partial charge in [-0.25, -0.2) is 0 Å². The zero-order valence-corrected chi connectivity index (χ0v) is 44.3. The first-order chi connectivity index (χ1) is 34.6. The second-order valence-corrected chi connectivity index (χ2v) is 17.2. The molecule has 0 aliphatic carbocycles. The third-order valence-corrected chi connectivity index (χ3v) is 10.6. The number of carbonyl (C=O) groups is 8. The Morgan fingerprint density at radius 3 is 0.649 bits per heavy atom. The van der Waals surface area contributed by atoms with E-state index in [4.69, 9.17) is 49.4 Å². The van der Waals surface area contributed by atoms with Crippen molar-refractivity contribution in [3.05, 3.63) is 0 Å². The Balaban J connectivity index is -0.000000668. The second kappa shape index (κ2) is 51.9. The summed E-state index contributed by atoms with van der Waals surface area (Å²) in [5.41, 5.74) is 8.91. The summed E-state index contributed by atoms with van der Waals surface area (Å²) in [6.07, 6.45) is 8.25. The minimum atomic E-state index is -0.805. The summed E-state index contributed by atoms with van der Waals surface area (Å²) in [5, 5.41) is 15.5. The molecule has 0 bridgehead atoms. The van der Waals surface area contributed by atoms with Crippen LogP contribution in [0.2, 0.25) is 0 Å². The van der Waals surface area contributed by atoms with E-state index in [1.807, 2.05) is 0 Å². The highest BCUT2D eigenvalue weighted by atomic mass is 16.5. The fourth-order valence-corrected chi connectivity index (χ4v) is 6.19. The number of nitrogens with two attached hydrogens (primary N) is 2. The molecule has 10 N–H and O–H groups in total. The van der Waals surface area contributed by atoms with Crippen LogP contribution in [-0.2, 0) is 76.3 Å². The quantitative estimate of drug-likeness (QED) is 0.0395. The zero-order chi connectivity index (χ0) is 54.1. The number of nitrogens with one attached hydrogen (secondary N) is 6. The van der Waals surface area contributed by atoms with Crippen molar-refractivity contribution >= 4 is 47.3 Å². The summed E-state index contributed by atoms with van der Waals surface area (Å²) < 4.78 is 46.7. The lowest BCUT2D eigenvalue weighted by molar-refractivity contribution is -0.128. The molecule has 0 fully saturated rings. The fraction of sp³-hybridized carbons (Fsp3) is 0.840. The van der Waals surface area contributed by atoms with Gasteiger partial charge in [-0.3, -0.25) is 38.4 Å². The summed E-state index contributed by atoms with van der Waals surface area (Å²) in [7, 11) is 9.58. The number of ether oxygens (including phenoxy) is 8. The highest BCUT2D eigenvalue weighted by Crippen LogP contribution is 2.23. The molecule has 436 valence electrons. The highest BCUT2D eigenvalue weighted by molar-refractivity contribution is 5.77. The predicted molar refractivity (Wildman–Crippen MR) is 282 cm³/mol. The van der Waals surface area contributed by atoms with Gasteiger partial charge in [0.05, 0.1) is 90.1 Å². The average Bonchev–Trinajstić information content (AvgIpc) is 3.37. The van der Waals surface area contributed by atoms with Gasteiger partial charge in [0.1, 0.15) is 0 Å². The van der Waals surface area contributed by atoms with Crippen molar-refractivity contribution in [2.75, 3.05) is 148 Å². The first-order valence-corrected chi connectivity index (χ1v) is 25.0. The first-order valence-electron chi connectivity index (χ1n) is 25.0. The summed E-state index contributed by atoms with van der Waals surface area (Å²) in [6, 6.07) is 0. The molecule has 0 saturated heterocycles. The lowest BCUT2D eigenvalue weighted by Crippen LogP contribution is -2.42. The number of rotatable bonds is 48. The van der Waals surface area contributed by atoms with E-state index in [0.717, 1.165) is 51.4 Å². The summed E-state index contributed by atoms with van der Waals surface area (Å²) >= 11 is 0. The topological polar surface area (TPSA) is 335 Å². The molecule has 8 amide bonds. The van der Waals surface area contributed by atoms with Crippen LogP contribution in [0, 0.1) is 10.8 Å². The Labute approximate surface area is 442 Å². The molecule has 24 nitrogen and oxygen atoms in total. The third-order valence-electron chi connectivity index (χ3n) is 10.6. The van der Waals surface area contributed by atoms with Crippen molar-refractivity contribution in [2.24, 2.45) is 22.3 Å². The van der Waals surface area contributed by atoms with Gasteiger partial charge in [0.2, 0.25) is 47.3 Å². The molecular weight excluding hydrogens is 969 g/mol. The Hall–Kier alpha value is -4.56. The van der Waals surface area contributed by atoms with Gasteiger partial charge in [-0.1, -0.05) is 14.9 Å². The number of carbonyl (C=O) groups excluding carboxylic acids is 8. The number of hydrogen-bond donors (Lipinski definition) is 8. The van der Waals surface area contributed by atoms with E-state index < -0.39 is 22.6 Å². The van der Waals surface area contributed by atoms with E-state index in [1.54, 1.807) is 28.2 Å². The van der Waals surface area contributed by atoms with Crippen LogP contribution in [0.3, 0.4) is 0 Å². The molecule has 24 heteroatoms. The minimum Gasteiger partial charge on any atom is -0.381 e. The normalized spacial score (nSPS) is 10.9. The lowest BCUT2D eigenvalue weighted by Gasteiger charge is -2.33. The number of primary amides is 2. The van der Waals surface area contributed by atoms with Crippen LogP contribution in [-0.4, -0.2) is 195 Å². The molecule has 0 atom stereocenters. The minimum absolute atomic E-state index is 0. The molecular formula is C50H100N8O16.